The first-order valence-electron chi connectivity index (χ1n) is 17.3. The third kappa shape index (κ3) is 10.2. The summed E-state index contributed by atoms with van der Waals surface area (Å²) in [5.41, 5.74) is 6.02. The molecule has 3 N–H and O–H groups in total. The number of thioether (sulfide) groups is 1. The molecule has 0 saturated carbocycles. The molecule has 1 aliphatic heterocycles. The molecule has 3 unspecified atom stereocenters. The number of aliphatic hydroxyl groups excluding tert-OH is 1. The molecule has 51 heavy (non-hydrogen) atoms. The van der Waals surface area contributed by atoms with Crippen molar-refractivity contribution in [3.05, 3.63) is 126 Å². The third-order valence-electron chi connectivity index (χ3n) is 8.60. The Hall–Kier alpha value is -4.74. The number of nitrogens with one attached hydrogen (secondary N) is 2. The summed E-state index contributed by atoms with van der Waals surface area (Å²) in [6, 6.07) is 35.4. The van der Waals surface area contributed by atoms with Gasteiger partial charge in [0, 0.05) is 54.4 Å². The molecule has 1 saturated heterocycles. The van der Waals surface area contributed by atoms with Gasteiger partial charge in [-0.25, -0.2) is 4.98 Å². The summed E-state index contributed by atoms with van der Waals surface area (Å²) in [4.78, 5) is 28.7. The second-order valence-electron chi connectivity index (χ2n) is 12.5. The van der Waals surface area contributed by atoms with Crippen LogP contribution in [0.2, 0.25) is 0 Å². The molecule has 264 valence electrons. The highest BCUT2D eigenvalue weighted by Crippen LogP contribution is 2.41. The molecule has 10 heteroatoms. The van der Waals surface area contributed by atoms with Gasteiger partial charge in [0.25, 0.3) is 5.22 Å². The Bertz CT molecular complexity index is 1810. The Morgan fingerprint density at radius 3 is 2.31 bits per heavy atom. The van der Waals surface area contributed by atoms with Crippen LogP contribution in [0.25, 0.3) is 22.6 Å². The van der Waals surface area contributed by atoms with Gasteiger partial charge in [0.2, 0.25) is 11.8 Å². The van der Waals surface area contributed by atoms with Gasteiger partial charge in [0.15, 0.2) is 12.1 Å². The van der Waals surface area contributed by atoms with Gasteiger partial charge in [-0.2, -0.15) is 0 Å². The fraction of sp³-hybridized carbons (Fsp3) is 0.293. The minimum atomic E-state index is -0.679. The van der Waals surface area contributed by atoms with E-state index in [1.807, 2.05) is 109 Å². The van der Waals surface area contributed by atoms with E-state index in [9.17, 15) is 14.7 Å². The average Bonchev–Trinajstić information content (AvgIpc) is 3.60. The summed E-state index contributed by atoms with van der Waals surface area (Å²) in [7, 11) is 0. The van der Waals surface area contributed by atoms with Crippen LogP contribution in [0.4, 0.5) is 5.69 Å². The molecular weight excluding hydrogens is 663 g/mol. The normalized spacial score (nSPS) is 17.2. The van der Waals surface area contributed by atoms with Crippen LogP contribution in [0.1, 0.15) is 68.1 Å². The SMILES string of the molecule is CC(=O)NCCCCCC(=O)Nc1cccc(C2OC(CSc3nc(-c4ccccc4)c(-c4ccccc4)o3)CC(c3ccc(CO)cc3)O2)c1. The van der Waals surface area contributed by atoms with Crippen LogP contribution >= 0.6 is 11.8 Å². The van der Waals surface area contributed by atoms with Crippen molar-refractivity contribution in [1.29, 1.82) is 0 Å². The molecule has 9 nitrogen and oxygen atoms in total. The molecular formula is C41H43N3O6S. The fourth-order valence-corrected chi connectivity index (χ4v) is 6.81. The standard InChI is InChI=1S/C41H43N3O6S/c1-28(46)42-23-10-4-9-18-37(47)43-34-17-11-16-33(24-34)40-48-35(25-36(49-40)30-21-19-29(26-45)20-22-30)27-51-41-44-38(31-12-5-2-6-13-31)39(50-41)32-14-7-3-8-15-32/h2-3,5-8,11-17,19-22,24,35-36,40,45H,4,9-10,18,23,25-27H2,1H3,(H,42,46)(H,43,47). The molecule has 1 aromatic heterocycles. The molecule has 4 aromatic carbocycles. The van der Waals surface area contributed by atoms with Crippen molar-refractivity contribution in [3.63, 3.8) is 0 Å². The predicted octanol–water partition coefficient (Wildman–Crippen LogP) is 8.47. The molecule has 1 fully saturated rings. The number of carbonyl (C=O) groups is 2. The van der Waals surface area contributed by atoms with Crippen molar-refractivity contribution in [1.82, 2.24) is 10.3 Å². The van der Waals surface area contributed by atoms with Gasteiger partial charge < -0.3 is 29.6 Å². The Labute approximate surface area is 302 Å². The highest BCUT2D eigenvalue weighted by atomic mass is 32.2. The van der Waals surface area contributed by atoms with E-state index in [0.29, 0.717) is 36.0 Å². The summed E-state index contributed by atoms with van der Waals surface area (Å²) in [5, 5.41) is 15.9. The zero-order valence-corrected chi connectivity index (χ0v) is 29.4. The molecule has 2 amide bonds. The number of oxazole rings is 1. The number of rotatable bonds is 15. The Balaban J connectivity index is 1.16. The highest BCUT2D eigenvalue weighted by molar-refractivity contribution is 7.99. The number of unbranched alkanes of at least 4 members (excludes halogenated alkanes) is 2. The molecule has 0 radical (unpaired) electrons. The van der Waals surface area contributed by atoms with E-state index in [-0.39, 0.29) is 30.6 Å². The van der Waals surface area contributed by atoms with Crippen molar-refractivity contribution < 1.29 is 28.6 Å². The smallest absolute Gasteiger partial charge is 0.256 e. The molecule has 2 heterocycles. The summed E-state index contributed by atoms with van der Waals surface area (Å²) in [6.07, 6.45) is 2.28. The van der Waals surface area contributed by atoms with Crippen LogP contribution in [-0.4, -0.2) is 40.3 Å². The van der Waals surface area contributed by atoms with Crippen molar-refractivity contribution in [2.75, 3.05) is 17.6 Å². The zero-order valence-electron chi connectivity index (χ0n) is 28.6. The molecule has 3 atom stereocenters. The zero-order chi connectivity index (χ0) is 35.4. The van der Waals surface area contributed by atoms with Gasteiger partial charge in [-0.15, -0.1) is 0 Å². The number of ether oxygens (including phenoxy) is 2. The van der Waals surface area contributed by atoms with E-state index >= 15 is 0 Å². The lowest BCUT2D eigenvalue weighted by molar-refractivity contribution is -0.245. The molecule has 1 aliphatic rings. The minimum Gasteiger partial charge on any atom is -0.431 e. The first-order chi connectivity index (χ1) is 24.9. The lowest BCUT2D eigenvalue weighted by atomic mass is 10.0. The van der Waals surface area contributed by atoms with Gasteiger partial charge >= 0.3 is 0 Å². The van der Waals surface area contributed by atoms with Crippen LogP contribution in [0.5, 0.6) is 0 Å². The maximum Gasteiger partial charge on any atom is 0.256 e. The summed E-state index contributed by atoms with van der Waals surface area (Å²) in [5.74, 6) is 1.19. The number of amides is 2. The maximum absolute atomic E-state index is 12.7. The Morgan fingerprint density at radius 2 is 1.59 bits per heavy atom. The fourth-order valence-electron chi connectivity index (χ4n) is 5.96. The minimum absolute atomic E-state index is 0.0293. The Kier molecular flexibility index (Phi) is 12.7. The predicted molar refractivity (Wildman–Crippen MR) is 199 cm³/mol. The van der Waals surface area contributed by atoms with E-state index in [1.165, 1.54) is 18.7 Å². The summed E-state index contributed by atoms with van der Waals surface area (Å²) < 4.78 is 19.5. The maximum atomic E-state index is 12.7. The van der Waals surface area contributed by atoms with Gasteiger partial charge in [0.1, 0.15) is 5.69 Å². The van der Waals surface area contributed by atoms with E-state index in [0.717, 1.165) is 58.5 Å². The van der Waals surface area contributed by atoms with Gasteiger partial charge in [-0.05, 0) is 36.1 Å². The van der Waals surface area contributed by atoms with Crippen molar-refractivity contribution >= 4 is 29.3 Å². The van der Waals surface area contributed by atoms with Crippen LogP contribution in [0, 0.1) is 0 Å². The number of aliphatic hydroxyl groups is 1. The van der Waals surface area contributed by atoms with Gasteiger partial charge in [-0.1, -0.05) is 115 Å². The number of carbonyl (C=O) groups excluding carboxylic acids is 2. The number of hydrogen-bond donors (Lipinski definition) is 3. The van der Waals surface area contributed by atoms with E-state index in [2.05, 4.69) is 10.6 Å². The quantitative estimate of drug-likeness (QED) is 0.0733. The first kappa shape index (κ1) is 36.1. The molecule has 0 aliphatic carbocycles. The topological polar surface area (TPSA) is 123 Å². The average molecular weight is 706 g/mol. The summed E-state index contributed by atoms with van der Waals surface area (Å²) >= 11 is 1.51. The number of nitrogens with zero attached hydrogens (tertiary/aromatic N) is 1. The molecule has 0 spiro atoms. The number of anilines is 1. The third-order valence-corrected chi connectivity index (χ3v) is 9.56. The van der Waals surface area contributed by atoms with Crippen molar-refractivity contribution in [3.8, 4) is 22.6 Å². The molecule has 5 aromatic rings. The number of aromatic nitrogens is 1. The highest BCUT2D eigenvalue weighted by Gasteiger charge is 2.33. The van der Waals surface area contributed by atoms with Crippen molar-refractivity contribution in [2.45, 2.75) is 69.4 Å². The van der Waals surface area contributed by atoms with Crippen LogP contribution in [0.3, 0.4) is 0 Å². The second-order valence-corrected chi connectivity index (χ2v) is 13.5. The van der Waals surface area contributed by atoms with Gasteiger partial charge in [0.05, 0.1) is 18.8 Å². The van der Waals surface area contributed by atoms with E-state index in [1.54, 1.807) is 0 Å². The molecule has 6 rings (SSSR count). The number of hydrogen-bond acceptors (Lipinski definition) is 8. The monoisotopic (exact) mass is 705 g/mol. The molecule has 0 bridgehead atoms. The second kappa shape index (κ2) is 18.0. The summed E-state index contributed by atoms with van der Waals surface area (Å²) in [6.45, 7) is 2.09. The van der Waals surface area contributed by atoms with E-state index in [4.69, 9.17) is 18.9 Å². The Morgan fingerprint density at radius 1 is 0.843 bits per heavy atom. The lowest BCUT2D eigenvalue weighted by Gasteiger charge is -2.36. The van der Waals surface area contributed by atoms with Crippen LogP contribution in [-0.2, 0) is 25.7 Å². The van der Waals surface area contributed by atoms with E-state index < -0.39 is 6.29 Å². The number of benzene rings is 4. The first-order valence-corrected chi connectivity index (χ1v) is 18.3. The van der Waals surface area contributed by atoms with Crippen molar-refractivity contribution in [2.24, 2.45) is 0 Å². The lowest BCUT2D eigenvalue weighted by Crippen LogP contribution is -2.31. The van der Waals surface area contributed by atoms with Gasteiger partial charge in [-0.3, -0.25) is 9.59 Å². The largest absolute Gasteiger partial charge is 0.431 e. The van der Waals surface area contributed by atoms with Crippen LogP contribution in [0.15, 0.2) is 119 Å². The van der Waals surface area contributed by atoms with Crippen LogP contribution < -0.4 is 10.6 Å².